The van der Waals surface area contributed by atoms with Gasteiger partial charge in [-0.1, -0.05) is 34.6 Å². The number of ether oxygens (including phenoxy) is 1. The molecule has 0 aromatic heterocycles. The number of fused-ring (bicyclic) bond motifs is 1. The minimum absolute atomic E-state index is 0. The molecule has 0 radical (unpaired) electrons. The fourth-order valence-corrected chi connectivity index (χ4v) is 3.43. The fourth-order valence-electron chi connectivity index (χ4n) is 3.43. The number of benzene rings is 1. The van der Waals surface area contributed by atoms with Crippen molar-refractivity contribution in [3.05, 3.63) is 28.8 Å². The number of hydrogen-bond acceptors (Lipinski definition) is 2. The highest BCUT2D eigenvalue weighted by Gasteiger charge is 2.37. The van der Waals surface area contributed by atoms with E-state index in [1.165, 1.54) is 24.0 Å². The molecule has 128 valence electrons. The second-order valence-electron chi connectivity index (χ2n) is 8.37. The molecule has 1 N–H and O–H groups in total. The van der Waals surface area contributed by atoms with E-state index in [0.29, 0.717) is 5.84 Å². The van der Waals surface area contributed by atoms with E-state index < -0.39 is 0 Å². The van der Waals surface area contributed by atoms with Gasteiger partial charge in [0.25, 0.3) is 0 Å². The van der Waals surface area contributed by atoms with Crippen molar-refractivity contribution in [2.24, 2.45) is 0 Å². The average Bonchev–Trinajstić information content (AvgIpc) is 3.05. The summed E-state index contributed by atoms with van der Waals surface area (Å²) in [7, 11) is 0. The molecule has 3 nitrogen and oxygen atoms in total. The minimum atomic E-state index is 0. The normalized spacial score (nSPS) is 19.1. The third-order valence-electron chi connectivity index (χ3n) is 4.90. The molecular weight excluding hydrogens is 308 g/mol. The van der Waals surface area contributed by atoms with Gasteiger partial charge in [0, 0.05) is 35.2 Å². The summed E-state index contributed by atoms with van der Waals surface area (Å²) < 4.78 is 6.05. The predicted octanol–water partition coefficient (Wildman–Crippen LogP) is 4.50. The maximum atomic E-state index is 8.61. The molecule has 4 heteroatoms. The number of hydrogen-bond donors (Lipinski definition) is 1. The number of rotatable bonds is 1. The van der Waals surface area contributed by atoms with E-state index in [-0.39, 0.29) is 23.2 Å². The van der Waals surface area contributed by atoms with Crippen LogP contribution in [0.4, 0.5) is 0 Å². The van der Waals surface area contributed by atoms with Crippen LogP contribution in [0.15, 0.2) is 12.1 Å². The van der Waals surface area contributed by atoms with E-state index >= 15 is 0 Å². The largest absolute Gasteiger partial charge is 0.492 e. The van der Waals surface area contributed by atoms with Crippen LogP contribution in [-0.4, -0.2) is 30.4 Å². The number of halogens is 1. The van der Waals surface area contributed by atoms with Gasteiger partial charge >= 0.3 is 0 Å². The summed E-state index contributed by atoms with van der Waals surface area (Å²) in [5.74, 6) is 1.73. The second-order valence-corrected chi connectivity index (χ2v) is 8.37. The molecule has 0 spiro atoms. The molecule has 0 amide bonds. The first-order valence-corrected chi connectivity index (χ1v) is 8.36. The lowest BCUT2D eigenvalue weighted by Crippen LogP contribution is -2.28. The van der Waals surface area contributed by atoms with E-state index in [4.69, 9.17) is 10.1 Å². The van der Waals surface area contributed by atoms with Gasteiger partial charge in [-0.3, -0.25) is 5.41 Å². The Hall–Kier alpha value is -1.22. The van der Waals surface area contributed by atoms with Crippen molar-refractivity contribution in [3.8, 4) is 5.75 Å². The Balaban J connectivity index is 0.00000192. The quantitative estimate of drug-likeness (QED) is 0.605. The van der Waals surface area contributed by atoms with Crippen LogP contribution in [0.25, 0.3) is 0 Å². The molecule has 2 aliphatic heterocycles. The second kappa shape index (κ2) is 6.01. The number of nitrogens with zero attached hydrogens (tertiary/aromatic N) is 1. The van der Waals surface area contributed by atoms with Crippen molar-refractivity contribution in [3.63, 3.8) is 0 Å². The van der Waals surface area contributed by atoms with Gasteiger partial charge in [0.2, 0.25) is 0 Å². The highest BCUT2D eigenvalue weighted by Crippen LogP contribution is 2.45. The van der Waals surface area contributed by atoms with Crippen molar-refractivity contribution >= 4 is 18.2 Å². The molecule has 1 aromatic rings. The summed E-state index contributed by atoms with van der Waals surface area (Å²) in [6.07, 6.45) is 2.40. The van der Waals surface area contributed by atoms with Gasteiger partial charge in [0.1, 0.15) is 11.6 Å². The van der Waals surface area contributed by atoms with E-state index in [1.54, 1.807) is 0 Å². The van der Waals surface area contributed by atoms with Crippen molar-refractivity contribution in [1.82, 2.24) is 4.90 Å². The lowest BCUT2D eigenvalue weighted by molar-refractivity contribution is 0.286. The van der Waals surface area contributed by atoms with Crippen molar-refractivity contribution in [1.29, 1.82) is 5.41 Å². The molecule has 3 rings (SSSR count). The lowest BCUT2D eigenvalue weighted by Gasteiger charge is -2.26. The SMILES string of the molecule is CC(C)(C)c1cc(C(=N)N2CCCC2)cc2c1OCC2(C)C.Cl. The van der Waals surface area contributed by atoms with Crippen molar-refractivity contribution in [2.75, 3.05) is 19.7 Å². The Morgan fingerprint density at radius 3 is 2.35 bits per heavy atom. The van der Waals surface area contributed by atoms with E-state index in [2.05, 4.69) is 51.7 Å². The maximum Gasteiger partial charge on any atom is 0.128 e. The smallest absolute Gasteiger partial charge is 0.128 e. The van der Waals surface area contributed by atoms with Crippen LogP contribution in [0.5, 0.6) is 5.75 Å². The molecule has 1 aromatic carbocycles. The summed E-state index contributed by atoms with van der Waals surface area (Å²) in [6, 6.07) is 4.37. The van der Waals surface area contributed by atoms with Crippen molar-refractivity contribution < 1.29 is 4.74 Å². The van der Waals surface area contributed by atoms with Crippen LogP contribution >= 0.6 is 12.4 Å². The van der Waals surface area contributed by atoms with Gasteiger partial charge in [0.15, 0.2) is 0 Å². The molecule has 23 heavy (non-hydrogen) atoms. The zero-order valence-electron chi connectivity index (χ0n) is 15.0. The number of likely N-dealkylation sites (tertiary alicyclic amines) is 1. The highest BCUT2D eigenvalue weighted by molar-refractivity contribution is 5.97. The Labute approximate surface area is 146 Å². The standard InChI is InChI=1S/C19H28N2O.ClH/c1-18(2,3)14-10-13(17(20)21-8-6-7-9-21)11-15-16(14)22-12-19(15,4)5;/h10-11,20H,6-9,12H2,1-5H3;1H. The van der Waals surface area contributed by atoms with Gasteiger partial charge in [-0.15, -0.1) is 12.4 Å². The van der Waals surface area contributed by atoms with E-state index in [9.17, 15) is 0 Å². The highest BCUT2D eigenvalue weighted by atomic mass is 35.5. The van der Waals surface area contributed by atoms with Gasteiger partial charge in [0.05, 0.1) is 6.61 Å². The summed E-state index contributed by atoms with van der Waals surface area (Å²) >= 11 is 0. The van der Waals surface area contributed by atoms with E-state index in [1.807, 2.05) is 0 Å². The Morgan fingerprint density at radius 1 is 1.17 bits per heavy atom. The van der Waals surface area contributed by atoms with Gasteiger partial charge in [-0.05, 0) is 30.4 Å². The summed E-state index contributed by atoms with van der Waals surface area (Å²) in [5.41, 5.74) is 3.58. The first-order chi connectivity index (χ1) is 10.2. The third kappa shape index (κ3) is 3.21. The molecule has 0 aliphatic carbocycles. The van der Waals surface area contributed by atoms with Gasteiger partial charge in [-0.2, -0.15) is 0 Å². The van der Waals surface area contributed by atoms with Crippen LogP contribution in [-0.2, 0) is 10.8 Å². The number of amidine groups is 1. The zero-order chi connectivity index (χ0) is 16.1. The molecule has 0 saturated carbocycles. The first kappa shape index (κ1) is 18.1. The molecule has 2 aliphatic rings. The van der Waals surface area contributed by atoms with Gasteiger partial charge < -0.3 is 9.64 Å². The molecule has 2 heterocycles. The predicted molar refractivity (Wildman–Crippen MR) is 98.5 cm³/mol. The Bertz CT molecular complexity index is 611. The topological polar surface area (TPSA) is 36.3 Å². The minimum Gasteiger partial charge on any atom is -0.492 e. The molecule has 0 atom stereocenters. The summed E-state index contributed by atoms with van der Waals surface area (Å²) in [5, 5.41) is 8.61. The maximum absolute atomic E-state index is 8.61. The first-order valence-electron chi connectivity index (χ1n) is 8.36. The molecule has 1 saturated heterocycles. The lowest BCUT2D eigenvalue weighted by atomic mass is 9.79. The Morgan fingerprint density at radius 2 is 1.78 bits per heavy atom. The molecular formula is C19H29ClN2O. The van der Waals surface area contributed by atoms with Crippen LogP contribution in [0.3, 0.4) is 0 Å². The summed E-state index contributed by atoms with van der Waals surface area (Å²) in [6.45, 7) is 13.9. The van der Waals surface area contributed by atoms with E-state index in [0.717, 1.165) is 31.0 Å². The Kier molecular flexibility index (Phi) is 4.74. The zero-order valence-corrected chi connectivity index (χ0v) is 15.8. The average molecular weight is 337 g/mol. The third-order valence-corrected chi connectivity index (χ3v) is 4.90. The molecule has 0 unspecified atom stereocenters. The fraction of sp³-hybridized carbons (Fsp3) is 0.632. The van der Waals surface area contributed by atoms with Gasteiger partial charge in [-0.25, -0.2) is 0 Å². The van der Waals surface area contributed by atoms with Crippen LogP contribution in [0.1, 0.15) is 64.2 Å². The number of nitrogens with one attached hydrogen (secondary N) is 1. The van der Waals surface area contributed by atoms with Crippen LogP contribution < -0.4 is 4.74 Å². The monoisotopic (exact) mass is 336 g/mol. The van der Waals surface area contributed by atoms with Crippen LogP contribution in [0, 0.1) is 5.41 Å². The van der Waals surface area contributed by atoms with Crippen molar-refractivity contribution in [2.45, 2.75) is 58.3 Å². The molecule has 1 fully saturated rings. The summed E-state index contributed by atoms with van der Waals surface area (Å²) in [4.78, 5) is 2.21. The molecule has 0 bridgehead atoms. The van der Waals surface area contributed by atoms with Crippen LogP contribution in [0.2, 0.25) is 0 Å².